The van der Waals surface area contributed by atoms with Crippen LogP contribution >= 0.6 is 0 Å². The number of ketones is 1. The Balaban J connectivity index is 1.25. The molecule has 0 atom stereocenters. The van der Waals surface area contributed by atoms with Gasteiger partial charge in [-0.05, 0) is 36.4 Å². The summed E-state index contributed by atoms with van der Waals surface area (Å²) in [5.41, 5.74) is 0.434. The Labute approximate surface area is 158 Å². The molecule has 0 amide bonds. The van der Waals surface area contributed by atoms with E-state index in [9.17, 15) is 14.4 Å². The predicted molar refractivity (Wildman–Crippen MR) is 90.7 cm³/mol. The third-order valence-electron chi connectivity index (χ3n) is 3.95. The van der Waals surface area contributed by atoms with Crippen LogP contribution in [0.1, 0.15) is 20.7 Å². The second-order valence-electron chi connectivity index (χ2n) is 5.83. The van der Waals surface area contributed by atoms with Crippen molar-refractivity contribution in [2.24, 2.45) is 0 Å². The molecule has 2 aromatic rings. The van der Waals surface area contributed by atoms with Crippen LogP contribution < -0.4 is 18.9 Å². The van der Waals surface area contributed by atoms with E-state index in [4.69, 9.17) is 28.4 Å². The van der Waals surface area contributed by atoms with Gasteiger partial charge in [0.15, 0.2) is 36.2 Å². The largest absolute Gasteiger partial charge is 0.454 e. The van der Waals surface area contributed by atoms with Gasteiger partial charge >= 0.3 is 11.9 Å². The first-order valence-corrected chi connectivity index (χ1v) is 8.25. The third kappa shape index (κ3) is 3.68. The second kappa shape index (κ2) is 7.47. The van der Waals surface area contributed by atoms with E-state index in [0.717, 1.165) is 0 Å². The Morgan fingerprint density at radius 1 is 0.679 bits per heavy atom. The molecule has 0 aromatic heterocycles. The number of hydrogen-bond acceptors (Lipinski definition) is 9. The third-order valence-corrected chi connectivity index (χ3v) is 3.95. The van der Waals surface area contributed by atoms with Crippen molar-refractivity contribution in [3.05, 3.63) is 47.5 Å². The lowest BCUT2D eigenvalue weighted by Gasteiger charge is -2.07. The van der Waals surface area contributed by atoms with Crippen LogP contribution in [0, 0.1) is 0 Å². The normalized spacial score (nSPS) is 13.1. The van der Waals surface area contributed by atoms with Crippen molar-refractivity contribution >= 4 is 17.7 Å². The summed E-state index contributed by atoms with van der Waals surface area (Å²) in [5.74, 6) is -0.0475. The molecule has 0 N–H and O–H groups in total. The summed E-state index contributed by atoms with van der Waals surface area (Å²) in [5, 5.41) is 0. The van der Waals surface area contributed by atoms with Gasteiger partial charge < -0.3 is 28.4 Å². The number of benzene rings is 2. The lowest BCUT2D eigenvalue weighted by molar-refractivity contribution is -0.125. The van der Waals surface area contributed by atoms with Gasteiger partial charge in [0.1, 0.15) is 0 Å². The van der Waals surface area contributed by atoms with Crippen molar-refractivity contribution in [1.29, 1.82) is 0 Å². The van der Waals surface area contributed by atoms with Crippen LogP contribution in [-0.2, 0) is 14.3 Å². The van der Waals surface area contributed by atoms with Gasteiger partial charge in [-0.25, -0.2) is 9.59 Å². The Bertz CT molecular complexity index is 875. The highest BCUT2D eigenvalue weighted by molar-refractivity contribution is 5.94. The fourth-order valence-corrected chi connectivity index (χ4v) is 2.55. The van der Waals surface area contributed by atoms with Gasteiger partial charge in [-0.2, -0.15) is 0 Å². The highest BCUT2D eigenvalue weighted by Crippen LogP contribution is 2.33. The minimum absolute atomic E-state index is 0.0844. The average molecular weight is 386 g/mol. The summed E-state index contributed by atoms with van der Waals surface area (Å²) in [6, 6.07) is 9.09. The summed E-state index contributed by atoms with van der Waals surface area (Å²) >= 11 is 0. The average Bonchev–Trinajstić information content (AvgIpc) is 3.37. The van der Waals surface area contributed by atoms with E-state index in [1.807, 2.05) is 0 Å². The summed E-state index contributed by atoms with van der Waals surface area (Å²) < 4.78 is 30.5. The fourth-order valence-electron chi connectivity index (χ4n) is 2.55. The van der Waals surface area contributed by atoms with Crippen molar-refractivity contribution in [1.82, 2.24) is 0 Å². The SMILES string of the molecule is O=C(COC(=O)c1ccc2c(c1)OCO2)COC(=O)c1ccc2c(c1)OCO2. The molecule has 2 heterocycles. The van der Waals surface area contributed by atoms with Crippen LogP contribution in [0.15, 0.2) is 36.4 Å². The Morgan fingerprint density at radius 3 is 1.57 bits per heavy atom. The van der Waals surface area contributed by atoms with Crippen molar-refractivity contribution < 1.29 is 42.8 Å². The van der Waals surface area contributed by atoms with Crippen LogP contribution in [0.5, 0.6) is 23.0 Å². The van der Waals surface area contributed by atoms with Crippen molar-refractivity contribution in [2.75, 3.05) is 26.8 Å². The van der Waals surface area contributed by atoms with Crippen LogP contribution in [-0.4, -0.2) is 44.5 Å². The Hall–Kier alpha value is -3.75. The number of fused-ring (bicyclic) bond motifs is 2. The van der Waals surface area contributed by atoms with Gasteiger partial charge in [0.2, 0.25) is 19.4 Å². The summed E-state index contributed by atoms with van der Waals surface area (Å²) in [7, 11) is 0. The lowest BCUT2D eigenvalue weighted by Crippen LogP contribution is -2.20. The van der Waals surface area contributed by atoms with E-state index >= 15 is 0 Å². The number of rotatable bonds is 6. The molecular formula is C19H14O9. The molecule has 0 saturated heterocycles. The maximum Gasteiger partial charge on any atom is 0.338 e. The van der Waals surface area contributed by atoms with Crippen LogP contribution in [0.3, 0.4) is 0 Å². The number of carbonyl (C=O) groups excluding carboxylic acids is 3. The minimum atomic E-state index is -0.700. The zero-order valence-corrected chi connectivity index (χ0v) is 14.5. The molecule has 0 fully saturated rings. The van der Waals surface area contributed by atoms with E-state index in [2.05, 4.69) is 0 Å². The lowest BCUT2D eigenvalue weighted by atomic mass is 10.2. The smallest absolute Gasteiger partial charge is 0.338 e. The molecule has 144 valence electrons. The van der Waals surface area contributed by atoms with Gasteiger partial charge in [0, 0.05) is 0 Å². The molecule has 4 rings (SSSR count). The second-order valence-corrected chi connectivity index (χ2v) is 5.83. The highest BCUT2D eigenvalue weighted by Gasteiger charge is 2.19. The van der Waals surface area contributed by atoms with Crippen LogP contribution in [0.25, 0.3) is 0 Å². The summed E-state index contributed by atoms with van der Waals surface area (Å²) in [4.78, 5) is 35.9. The quantitative estimate of drug-likeness (QED) is 0.686. The summed E-state index contributed by atoms with van der Waals surface area (Å²) in [6.07, 6.45) is 0. The molecule has 28 heavy (non-hydrogen) atoms. The van der Waals surface area contributed by atoms with E-state index in [-0.39, 0.29) is 24.7 Å². The van der Waals surface area contributed by atoms with E-state index in [1.165, 1.54) is 24.3 Å². The molecule has 2 aromatic carbocycles. The fraction of sp³-hybridized carbons (Fsp3) is 0.211. The zero-order chi connectivity index (χ0) is 19.5. The number of Topliss-reactive ketones (excluding diaryl/α,β-unsaturated/α-hetero) is 1. The first-order valence-electron chi connectivity index (χ1n) is 8.25. The number of ether oxygens (including phenoxy) is 6. The molecule has 0 unspecified atom stereocenters. The number of carbonyl (C=O) groups is 3. The van der Waals surface area contributed by atoms with Crippen LogP contribution in [0.4, 0.5) is 0 Å². The van der Waals surface area contributed by atoms with E-state index in [1.54, 1.807) is 12.1 Å². The van der Waals surface area contributed by atoms with E-state index < -0.39 is 30.9 Å². The van der Waals surface area contributed by atoms with Crippen molar-refractivity contribution in [3.63, 3.8) is 0 Å². The molecule has 0 bridgehead atoms. The molecule has 0 aliphatic carbocycles. The van der Waals surface area contributed by atoms with Gasteiger partial charge in [-0.15, -0.1) is 0 Å². The highest BCUT2D eigenvalue weighted by atomic mass is 16.7. The molecule has 0 spiro atoms. The number of esters is 2. The van der Waals surface area contributed by atoms with E-state index in [0.29, 0.717) is 23.0 Å². The topological polar surface area (TPSA) is 107 Å². The zero-order valence-electron chi connectivity index (χ0n) is 14.5. The maximum absolute atomic E-state index is 12.0. The minimum Gasteiger partial charge on any atom is -0.454 e. The molecule has 2 aliphatic rings. The standard InChI is InChI=1S/C19H14O9/c20-13(7-23-18(21)11-1-3-14-16(5-11)27-9-25-14)8-24-19(22)12-2-4-15-17(6-12)28-10-26-15/h1-6H,7-10H2. The molecule has 9 nitrogen and oxygen atoms in total. The molecule has 2 aliphatic heterocycles. The van der Waals surface area contributed by atoms with Gasteiger partial charge in [-0.1, -0.05) is 0 Å². The Kier molecular flexibility index (Phi) is 4.71. The molecular weight excluding hydrogens is 372 g/mol. The van der Waals surface area contributed by atoms with Crippen molar-refractivity contribution in [3.8, 4) is 23.0 Å². The number of hydrogen-bond donors (Lipinski definition) is 0. The van der Waals surface area contributed by atoms with Crippen molar-refractivity contribution in [2.45, 2.75) is 0 Å². The molecule has 0 radical (unpaired) electrons. The summed E-state index contributed by atoms with van der Waals surface area (Å²) in [6.45, 7) is -0.883. The molecule has 0 saturated carbocycles. The van der Waals surface area contributed by atoms with Gasteiger partial charge in [0.05, 0.1) is 11.1 Å². The van der Waals surface area contributed by atoms with Crippen LogP contribution in [0.2, 0.25) is 0 Å². The Morgan fingerprint density at radius 2 is 1.11 bits per heavy atom. The first-order chi connectivity index (χ1) is 13.6. The monoisotopic (exact) mass is 386 g/mol. The predicted octanol–water partition coefficient (Wildman–Crippen LogP) is 1.73. The van der Waals surface area contributed by atoms with Gasteiger partial charge in [-0.3, -0.25) is 4.79 Å². The molecule has 9 heteroatoms. The first kappa shape index (κ1) is 17.7. The van der Waals surface area contributed by atoms with Gasteiger partial charge in [0.25, 0.3) is 0 Å². The maximum atomic E-state index is 12.0.